The second kappa shape index (κ2) is 5.86. The minimum Gasteiger partial charge on any atom is -0.340 e. The van der Waals surface area contributed by atoms with Crippen LogP contribution in [0.4, 0.5) is 0 Å². The monoisotopic (exact) mass is 331 g/mol. The Kier molecular flexibility index (Phi) is 3.70. The first-order valence-corrected chi connectivity index (χ1v) is 8.55. The Balaban J connectivity index is 1.52. The van der Waals surface area contributed by atoms with Gasteiger partial charge in [-0.2, -0.15) is 4.98 Å². The molecule has 120 valence electrons. The molecule has 3 aromatic heterocycles. The first kappa shape index (κ1) is 14.5. The highest BCUT2D eigenvalue weighted by Crippen LogP contribution is 2.25. The van der Waals surface area contributed by atoms with Gasteiger partial charge in [0.15, 0.2) is 10.8 Å². The topological polar surface area (TPSA) is 76.5 Å². The van der Waals surface area contributed by atoms with Crippen molar-refractivity contribution in [1.82, 2.24) is 24.4 Å². The van der Waals surface area contributed by atoms with Crippen molar-refractivity contribution in [3.05, 3.63) is 45.4 Å². The minimum atomic E-state index is -0.0198. The van der Waals surface area contributed by atoms with E-state index >= 15 is 0 Å². The third-order valence-corrected chi connectivity index (χ3v) is 4.91. The van der Waals surface area contributed by atoms with Crippen molar-refractivity contribution in [1.29, 1.82) is 0 Å². The molecule has 0 bridgehead atoms. The van der Waals surface area contributed by atoms with Crippen LogP contribution in [0.3, 0.4) is 0 Å². The van der Waals surface area contributed by atoms with Crippen LogP contribution >= 0.6 is 11.3 Å². The van der Waals surface area contributed by atoms with Crippen molar-refractivity contribution in [3.8, 4) is 0 Å². The maximum Gasteiger partial charge on any atom is 0.258 e. The van der Waals surface area contributed by atoms with Crippen LogP contribution in [0.15, 0.2) is 27.0 Å². The average molecular weight is 331 g/mol. The molecule has 0 radical (unpaired) electrons. The maximum atomic E-state index is 12.1. The molecule has 1 saturated heterocycles. The molecule has 4 rings (SSSR count). The molecule has 0 aromatic carbocycles. The molecule has 1 atom stereocenters. The fraction of sp³-hybridized carbons (Fsp3) is 0.467. The highest BCUT2D eigenvalue weighted by atomic mass is 32.1. The fourth-order valence-corrected chi connectivity index (χ4v) is 3.83. The van der Waals surface area contributed by atoms with Gasteiger partial charge in [0, 0.05) is 43.6 Å². The van der Waals surface area contributed by atoms with Crippen molar-refractivity contribution in [2.75, 3.05) is 13.1 Å². The lowest BCUT2D eigenvalue weighted by Crippen LogP contribution is -2.35. The Morgan fingerprint density at radius 3 is 3.17 bits per heavy atom. The molecular formula is C15H17N5O2S. The van der Waals surface area contributed by atoms with Gasteiger partial charge in [0.05, 0.1) is 5.69 Å². The summed E-state index contributed by atoms with van der Waals surface area (Å²) in [6, 6.07) is 1.63. The summed E-state index contributed by atoms with van der Waals surface area (Å²) >= 11 is 1.48. The van der Waals surface area contributed by atoms with Crippen molar-refractivity contribution in [2.24, 2.45) is 0 Å². The van der Waals surface area contributed by atoms with Gasteiger partial charge in [-0.1, -0.05) is 5.16 Å². The molecule has 0 aliphatic carbocycles. The van der Waals surface area contributed by atoms with E-state index in [4.69, 9.17) is 4.52 Å². The predicted molar refractivity (Wildman–Crippen MR) is 85.6 cm³/mol. The van der Waals surface area contributed by atoms with Gasteiger partial charge in [0.25, 0.3) is 5.56 Å². The van der Waals surface area contributed by atoms with E-state index in [1.807, 2.05) is 12.3 Å². The SMILES string of the molecule is Cc1nc([C@H]2CCCN(Cc3cc(=O)n4ccsc4n3)C2)no1. The van der Waals surface area contributed by atoms with Crippen LogP contribution in [0.2, 0.25) is 0 Å². The Bertz CT molecular complexity index is 883. The smallest absolute Gasteiger partial charge is 0.258 e. The summed E-state index contributed by atoms with van der Waals surface area (Å²) in [4.78, 5) is 24.1. The van der Waals surface area contributed by atoms with Gasteiger partial charge < -0.3 is 4.52 Å². The van der Waals surface area contributed by atoms with Crippen molar-refractivity contribution in [3.63, 3.8) is 0 Å². The lowest BCUT2D eigenvalue weighted by atomic mass is 9.97. The van der Waals surface area contributed by atoms with E-state index in [-0.39, 0.29) is 11.5 Å². The van der Waals surface area contributed by atoms with Crippen molar-refractivity contribution in [2.45, 2.75) is 32.2 Å². The van der Waals surface area contributed by atoms with E-state index < -0.39 is 0 Å². The molecule has 1 aliphatic heterocycles. The number of aryl methyl sites for hydroxylation is 1. The maximum absolute atomic E-state index is 12.1. The zero-order valence-electron chi connectivity index (χ0n) is 12.8. The van der Waals surface area contributed by atoms with Crippen LogP contribution in [0, 0.1) is 6.92 Å². The Morgan fingerprint density at radius 1 is 1.43 bits per heavy atom. The summed E-state index contributed by atoms with van der Waals surface area (Å²) in [5, 5.41) is 5.93. The summed E-state index contributed by atoms with van der Waals surface area (Å²) in [7, 11) is 0. The molecule has 7 nitrogen and oxygen atoms in total. The predicted octanol–water partition coefficient (Wildman–Crippen LogP) is 1.83. The molecule has 1 fully saturated rings. The summed E-state index contributed by atoms with van der Waals surface area (Å²) < 4.78 is 6.67. The molecule has 8 heteroatoms. The number of likely N-dealkylation sites (tertiary alicyclic amines) is 1. The molecule has 23 heavy (non-hydrogen) atoms. The fourth-order valence-electron chi connectivity index (χ4n) is 3.09. The summed E-state index contributed by atoms with van der Waals surface area (Å²) in [5.41, 5.74) is 0.802. The van der Waals surface area contributed by atoms with E-state index in [0.717, 1.165) is 42.4 Å². The zero-order valence-corrected chi connectivity index (χ0v) is 13.6. The van der Waals surface area contributed by atoms with Crippen LogP contribution in [-0.2, 0) is 6.54 Å². The van der Waals surface area contributed by atoms with Gasteiger partial charge in [-0.15, -0.1) is 11.3 Å². The molecule has 0 spiro atoms. The molecule has 0 saturated carbocycles. The van der Waals surface area contributed by atoms with Crippen molar-refractivity contribution < 1.29 is 4.52 Å². The molecule has 3 aromatic rings. The third-order valence-electron chi connectivity index (χ3n) is 4.16. The largest absolute Gasteiger partial charge is 0.340 e. The molecule has 4 heterocycles. The highest BCUT2D eigenvalue weighted by Gasteiger charge is 2.25. The van der Waals surface area contributed by atoms with Gasteiger partial charge in [-0.3, -0.25) is 14.1 Å². The van der Waals surface area contributed by atoms with E-state index in [0.29, 0.717) is 12.4 Å². The number of aromatic nitrogens is 4. The summed E-state index contributed by atoms with van der Waals surface area (Å²) in [6.45, 7) is 4.35. The number of fused-ring (bicyclic) bond motifs is 1. The lowest BCUT2D eigenvalue weighted by Gasteiger charge is -2.30. The highest BCUT2D eigenvalue weighted by molar-refractivity contribution is 7.15. The van der Waals surface area contributed by atoms with Crippen LogP contribution < -0.4 is 5.56 Å². The van der Waals surface area contributed by atoms with Crippen LogP contribution in [0.5, 0.6) is 0 Å². The zero-order chi connectivity index (χ0) is 15.8. The van der Waals surface area contributed by atoms with E-state index in [2.05, 4.69) is 20.0 Å². The molecule has 0 amide bonds. The van der Waals surface area contributed by atoms with Gasteiger partial charge in [-0.05, 0) is 19.4 Å². The standard InChI is InChI=1S/C15H17N5O2S/c1-10-16-14(18-22-10)11-3-2-4-19(8-11)9-12-7-13(21)20-5-6-23-15(20)17-12/h5-7,11H,2-4,8-9H2,1H3/t11-/m0/s1. The first-order chi connectivity index (χ1) is 11.2. The molecule has 1 aliphatic rings. The quantitative estimate of drug-likeness (QED) is 0.729. The minimum absolute atomic E-state index is 0.0198. The van der Waals surface area contributed by atoms with Crippen LogP contribution in [0.1, 0.15) is 36.2 Å². The first-order valence-electron chi connectivity index (χ1n) is 7.67. The van der Waals surface area contributed by atoms with Gasteiger partial charge >= 0.3 is 0 Å². The number of hydrogen-bond donors (Lipinski definition) is 0. The lowest BCUT2D eigenvalue weighted by molar-refractivity contribution is 0.193. The van der Waals surface area contributed by atoms with E-state index in [1.54, 1.807) is 16.7 Å². The number of hydrogen-bond acceptors (Lipinski definition) is 7. The second-order valence-corrected chi connectivity index (χ2v) is 6.76. The third kappa shape index (κ3) is 2.91. The molecule has 0 N–H and O–H groups in total. The van der Waals surface area contributed by atoms with Gasteiger partial charge in [-0.25, -0.2) is 4.98 Å². The summed E-state index contributed by atoms with van der Waals surface area (Å²) in [5.74, 6) is 1.68. The number of thiazole rings is 1. The van der Waals surface area contributed by atoms with E-state index in [9.17, 15) is 4.79 Å². The average Bonchev–Trinajstić information content (AvgIpc) is 3.16. The molecular weight excluding hydrogens is 314 g/mol. The Labute approximate surface area is 136 Å². The number of rotatable bonds is 3. The van der Waals surface area contributed by atoms with Gasteiger partial charge in [0.1, 0.15) is 0 Å². The summed E-state index contributed by atoms with van der Waals surface area (Å²) in [6.07, 6.45) is 3.91. The van der Waals surface area contributed by atoms with Gasteiger partial charge in [0.2, 0.25) is 5.89 Å². The Hall–Kier alpha value is -2.06. The second-order valence-electron chi connectivity index (χ2n) is 5.89. The molecule has 0 unspecified atom stereocenters. The van der Waals surface area contributed by atoms with Crippen LogP contribution in [-0.4, -0.2) is 37.5 Å². The van der Waals surface area contributed by atoms with Crippen molar-refractivity contribution >= 4 is 16.3 Å². The number of nitrogens with zero attached hydrogens (tertiary/aromatic N) is 5. The van der Waals surface area contributed by atoms with E-state index in [1.165, 1.54) is 11.3 Å². The number of piperidine rings is 1. The Morgan fingerprint density at radius 2 is 2.35 bits per heavy atom. The van der Waals surface area contributed by atoms with Crippen LogP contribution in [0.25, 0.3) is 4.96 Å². The normalized spacial score (nSPS) is 19.4.